The van der Waals surface area contributed by atoms with Crippen LogP contribution in [0.1, 0.15) is 25.8 Å². The minimum absolute atomic E-state index is 0.0543. The Hall–Kier alpha value is -1.46. The van der Waals surface area contributed by atoms with Gasteiger partial charge >= 0.3 is 0 Å². The smallest absolute Gasteiger partial charge is 0.239 e. The van der Waals surface area contributed by atoms with Crippen molar-refractivity contribution in [1.29, 1.82) is 0 Å². The number of hydrogen-bond acceptors (Lipinski definition) is 3. The third-order valence-corrected chi connectivity index (χ3v) is 4.22. The molecule has 0 radical (unpaired) electrons. The number of carbonyl (C=O) groups excluding carboxylic acids is 1. The van der Waals surface area contributed by atoms with E-state index in [2.05, 4.69) is 4.90 Å². The normalized spacial score (nSPS) is 18.3. The van der Waals surface area contributed by atoms with E-state index in [9.17, 15) is 9.18 Å². The third kappa shape index (κ3) is 4.52. The SMILES string of the molecule is CC(C)[C@H](N)C(=O)N1CCCN(Cc2ccc(F)cc2)CC1. The zero-order chi connectivity index (χ0) is 16.1. The Balaban J connectivity index is 1.89. The van der Waals surface area contributed by atoms with Crippen molar-refractivity contribution < 1.29 is 9.18 Å². The first kappa shape index (κ1) is 16.9. The third-order valence-electron chi connectivity index (χ3n) is 4.22. The van der Waals surface area contributed by atoms with Crippen molar-refractivity contribution in [3.05, 3.63) is 35.6 Å². The molecule has 22 heavy (non-hydrogen) atoms. The fourth-order valence-corrected chi connectivity index (χ4v) is 2.69. The van der Waals surface area contributed by atoms with E-state index < -0.39 is 6.04 Å². The van der Waals surface area contributed by atoms with Crippen molar-refractivity contribution in [3.8, 4) is 0 Å². The Morgan fingerprint density at radius 1 is 1.18 bits per heavy atom. The van der Waals surface area contributed by atoms with Gasteiger partial charge in [0.15, 0.2) is 0 Å². The Labute approximate surface area is 132 Å². The maximum Gasteiger partial charge on any atom is 0.239 e. The second-order valence-electron chi connectivity index (χ2n) is 6.35. The van der Waals surface area contributed by atoms with Gasteiger partial charge in [0.25, 0.3) is 0 Å². The largest absolute Gasteiger partial charge is 0.340 e. The first-order chi connectivity index (χ1) is 10.5. The zero-order valence-corrected chi connectivity index (χ0v) is 13.5. The van der Waals surface area contributed by atoms with Crippen LogP contribution >= 0.6 is 0 Å². The molecule has 0 aromatic heterocycles. The average Bonchev–Trinajstić information content (AvgIpc) is 2.73. The minimum Gasteiger partial charge on any atom is -0.340 e. The number of amides is 1. The van der Waals surface area contributed by atoms with Gasteiger partial charge in [0.2, 0.25) is 5.91 Å². The molecule has 5 heteroatoms. The number of rotatable bonds is 4. The van der Waals surface area contributed by atoms with Crippen LogP contribution in [0.3, 0.4) is 0 Å². The number of hydrogen-bond donors (Lipinski definition) is 1. The van der Waals surface area contributed by atoms with E-state index >= 15 is 0 Å². The van der Waals surface area contributed by atoms with E-state index in [1.54, 1.807) is 0 Å². The summed E-state index contributed by atoms with van der Waals surface area (Å²) in [6.45, 7) is 7.98. The number of nitrogens with zero attached hydrogens (tertiary/aromatic N) is 2. The highest BCUT2D eigenvalue weighted by atomic mass is 19.1. The molecule has 1 amide bonds. The van der Waals surface area contributed by atoms with Crippen LogP contribution in [0.4, 0.5) is 4.39 Å². The summed E-state index contributed by atoms with van der Waals surface area (Å²) in [5.74, 6) is 0.00349. The molecular formula is C17H26FN3O. The molecule has 2 rings (SSSR count). The molecule has 4 nitrogen and oxygen atoms in total. The Bertz CT molecular complexity index is 489. The fraction of sp³-hybridized carbons (Fsp3) is 0.588. The molecule has 1 aromatic rings. The van der Waals surface area contributed by atoms with Crippen LogP contribution in [0.2, 0.25) is 0 Å². The van der Waals surface area contributed by atoms with Crippen molar-refractivity contribution in [2.45, 2.75) is 32.9 Å². The Morgan fingerprint density at radius 2 is 1.86 bits per heavy atom. The van der Waals surface area contributed by atoms with Gasteiger partial charge in [-0.2, -0.15) is 0 Å². The van der Waals surface area contributed by atoms with Gasteiger partial charge in [-0.15, -0.1) is 0 Å². The van der Waals surface area contributed by atoms with Gasteiger partial charge < -0.3 is 10.6 Å². The average molecular weight is 307 g/mol. The van der Waals surface area contributed by atoms with E-state index in [1.807, 2.05) is 30.9 Å². The van der Waals surface area contributed by atoms with Gasteiger partial charge in [0.1, 0.15) is 5.82 Å². The van der Waals surface area contributed by atoms with E-state index in [0.29, 0.717) is 6.54 Å². The highest BCUT2D eigenvalue weighted by Gasteiger charge is 2.25. The van der Waals surface area contributed by atoms with Gasteiger partial charge in [-0.05, 0) is 30.0 Å². The number of carbonyl (C=O) groups is 1. The lowest BCUT2D eigenvalue weighted by atomic mass is 10.0. The van der Waals surface area contributed by atoms with Gasteiger partial charge in [-0.3, -0.25) is 9.69 Å². The van der Waals surface area contributed by atoms with Crippen LogP contribution in [-0.2, 0) is 11.3 Å². The standard InChI is InChI=1S/C17H26FN3O/c1-13(2)16(19)17(22)21-9-3-8-20(10-11-21)12-14-4-6-15(18)7-5-14/h4-7,13,16H,3,8-12,19H2,1-2H3/t16-/m0/s1. The van der Waals surface area contributed by atoms with Crippen molar-refractivity contribution in [2.24, 2.45) is 11.7 Å². The van der Waals surface area contributed by atoms with Crippen LogP contribution < -0.4 is 5.73 Å². The molecule has 1 aromatic carbocycles. The molecular weight excluding hydrogens is 281 g/mol. The molecule has 0 bridgehead atoms. The van der Waals surface area contributed by atoms with Gasteiger partial charge in [0, 0.05) is 32.7 Å². The maximum atomic E-state index is 12.9. The lowest BCUT2D eigenvalue weighted by molar-refractivity contribution is -0.133. The molecule has 0 aliphatic carbocycles. The number of halogens is 1. The summed E-state index contributed by atoms with van der Waals surface area (Å²) in [5, 5.41) is 0. The lowest BCUT2D eigenvalue weighted by Crippen LogP contribution is -2.47. The van der Waals surface area contributed by atoms with Crippen LogP contribution in [0.25, 0.3) is 0 Å². The molecule has 1 saturated heterocycles. The maximum absolute atomic E-state index is 12.9. The summed E-state index contributed by atoms with van der Waals surface area (Å²) in [6, 6.07) is 6.20. The van der Waals surface area contributed by atoms with Crippen molar-refractivity contribution in [1.82, 2.24) is 9.80 Å². The van der Waals surface area contributed by atoms with Crippen LogP contribution in [0, 0.1) is 11.7 Å². The molecule has 1 aliphatic rings. The predicted molar refractivity (Wildman–Crippen MR) is 85.7 cm³/mol. The summed E-state index contributed by atoms with van der Waals surface area (Å²) >= 11 is 0. The number of nitrogens with two attached hydrogens (primary N) is 1. The number of benzene rings is 1. The van der Waals surface area contributed by atoms with Gasteiger partial charge in [-0.25, -0.2) is 4.39 Å². The van der Waals surface area contributed by atoms with E-state index in [4.69, 9.17) is 5.73 Å². The summed E-state index contributed by atoms with van der Waals surface area (Å²) in [4.78, 5) is 16.5. The summed E-state index contributed by atoms with van der Waals surface area (Å²) in [7, 11) is 0. The molecule has 1 atom stereocenters. The minimum atomic E-state index is -0.413. The second-order valence-corrected chi connectivity index (χ2v) is 6.35. The highest BCUT2D eigenvalue weighted by molar-refractivity contribution is 5.81. The van der Waals surface area contributed by atoms with Crippen molar-refractivity contribution >= 4 is 5.91 Å². The monoisotopic (exact) mass is 307 g/mol. The van der Waals surface area contributed by atoms with Gasteiger partial charge in [-0.1, -0.05) is 26.0 Å². The fourth-order valence-electron chi connectivity index (χ4n) is 2.69. The summed E-state index contributed by atoms with van der Waals surface area (Å²) in [6.07, 6.45) is 0.942. The Kier molecular flexibility index (Phi) is 5.91. The summed E-state index contributed by atoms with van der Waals surface area (Å²) < 4.78 is 12.9. The second kappa shape index (κ2) is 7.70. The molecule has 0 unspecified atom stereocenters. The topological polar surface area (TPSA) is 49.6 Å². The Morgan fingerprint density at radius 3 is 2.50 bits per heavy atom. The van der Waals surface area contributed by atoms with E-state index in [0.717, 1.165) is 38.2 Å². The van der Waals surface area contributed by atoms with Crippen molar-refractivity contribution in [2.75, 3.05) is 26.2 Å². The van der Waals surface area contributed by atoms with E-state index in [-0.39, 0.29) is 17.6 Å². The van der Waals surface area contributed by atoms with Crippen LogP contribution in [0.5, 0.6) is 0 Å². The highest BCUT2D eigenvalue weighted by Crippen LogP contribution is 2.12. The quantitative estimate of drug-likeness (QED) is 0.923. The van der Waals surface area contributed by atoms with Crippen molar-refractivity contribution in [3.63, 3.8) is 0 Å². The molecule has 122 valence electrons. The lowest BCUT2D eigenvalue weighted by Gasteiger charge is -2.26. The molecule has 1 fully saturated rings. The molecule has 1 heterocycles. The molecule has 1 aliphatic heterocycles. The first-order valence-corrected chi connectivity index (χ1v) is 7.98. The predicted octanol–water partition coefficient (Wildman–Crippen LogP) is 1.84. The molecule has 0 saturated carbocycles. The molecule has 2 N–H and O–H groups in total. The van der Waals surface area contributed by atoms with Crippen LogP contribution in [0.15, 0.2) is 24.3 Å². The van der Waals surface area contributed by atoms with E-state index in [1.165, 1.54) is 12.1 Å². The first-order valence-electron chi connectivity index (χ1n) is 7.98. The molecule has 0 spiro atoms. The summed E-state index contributed by atoms with van der Waals surface area (Å²) in [5.41, 5.74) is 7.07. The van der Waals surface area contributed by atoms with Gasteiger partial charge in [0.05, 0.1) is 6.04 Å². The van der Waals surface area contributed by atoms with Crippen LogP contribution in [-0.4, -0.2) is 47.9 Å². The zero-order valence-electron chi connectivity index (χ0n) is 13.5.